The standard InChI is InChI=1S/C13H17BrN2O3S/c14-10-4-3-9(20-10)8-15-12(19)16-13(7-11(17)18)5-1-2-6-13/h3-4H,1-2,5-8H2,(H,17,18)(H2,15,16,19). The van der Waals surface area contributed by atoms with Gasteiger partial charge in [-0.3, -0.25) is 4.79 Å². The molecule has 0 radical (unpaired) electrons. The lowest BCUT2D eigenvalue weighted by molar-refractivity contribution is -0.138. The lowest BCUT2D eigenvalue weighted by Crippen LogP contribution is -2.51. The Kier molecular flexibility index (Phi) is 5.04. The van der Waals surface area contributed by atoms with Gasteiger partial charge in [0.1, 0.15) is 0 Å². The minimum atomic E-state index is -0.866. The molecule has 2 amide bonds. The Labute approximate surface area is 129 Å². The molecular formula is C13H17BrN2O3S. The fourth-order valence-electron chi connectivity index (χ4n) is 2.59. The second kappa shape index (κ2) is 6.58. The Balaban J connectivity index is 1.87. The van der Waals surface area contributed by atoms with E-state index in [4.69, 9.17) is 5.11 Å². The Hall–Kier alpha value is -1.08. The molecule has 3 N–H and O–H groups in total. The van der Waals surface area contributed by atoms with Crippen LogP contribution in [0.3, 0.4) is 0 Å². The highest BCUT2D eigenvalue weighted by molar-refractivity contribution is 9.11. The van der Waals surface area contributed by atoms with Crippen LogP contribution in [-0.2, 0) is 11.3 Å². The second-order valence-electron chi connectivity index (χ2n) is 5.07. The van der Waals surface area contributed by atoms with Crippen LogP contribution >= 0.6 is 27.3 Å². The van der Waals surface area contributed by atoms with Gasteiger partial charge in [-0.2, -0.15) is 0 Å². The van der Waals surface area contributed by atoms with Crippen molar-refractivity contribution in [2.24, 2.45) is 0 Å². The van der Waals surface area contributed by atoms with E-state index in [0.29, 0.717) is 6.54 Å². The maximum atomic E-state index is 11.9. The normalized spacial score (nSPS) is 16.9. The minimum absolute atomic E-state index is 0.00896. The summed E-state index contributed by atoms with van der Waals surface area (Å²) in [5.74, 6) is -0.866. The van der Waals surface area contributed by atoms with Crippen LogP contribution in [0.5, 0.6) is 0 Å². The second-order valence-corrected chi connectivity index (χ2v) is 7.62. The van der Waals surface area contributed by atoms with E-state index in [1.54, 1.807) is 11.3 Å². The van der Waals surface area contributed by atoms with Crippen molar-refractivity contribution in [1.29, 1.82) is 0 Å². The number of hydrogen-bond donors (Lipinski definition) is 3. The molecule has 5 nitrogen and oxygen atoms in total. The van der Waals surface area contributed by atoms with Crippen molar-refractivity contribution in [3.05, 3.63) is 20.8 Å². The van der Waals surface area contributed by atoms with Gasteiger partial charge in [0.2, 0.25) is 0 Å². The number of thiophene rings is 1. The van der Waals surface area contributed by atoms with Crippen molar-refractivity contribution in [2.45, 2.75) is 44.2 Å². The van der Waals surface area contributed by atoms with Crippen molar-refractivity contribution in [1.82, 2.24) is 10.6 Å². The van der Waals surface area contributed by atoms with Crippen LogP contribution in [0.2, 0.25) is 0 Å². The lowest BCUT2D eigenvalue weighted by atomic mass is 9.93. The molecule has 20 heavy (non-hydrogen) atoms. The summed E-state index contributed by atoms with van der Waals surface area (Å²) in [6.45, 7) is 0.450. The first-order valence-electron chi connectivity index (χ1n) is 6.51. The van der Waals surface area contributed by atoms with Gasteiger partial charge < -0.3 is 15.7 Å². The molecule has 0 saturated heterocycles. The van der Waals surface area contributed by atoms with E-state index in [0.717, 1.165) is 34.3 Å². The summed E-state index contributed by atoms with van der Waals surface area (Å²) in [6.07, 6.45) is 3.39. The fraction of sp³-hybridized carbons (Fsp3) is 0.538. The third-order valence-electron chi connectivity index (χ3n) is 3.48. The maximum absolute atomic E-state index is 11.9. The molecule has 2 rings (SSSR count). The van der Waals surface area contributed by atoms with E-state index in [2.05, 4.69) is 26.6 Å². The minimum Gasteiger partial charge on any atom is -0.481 e. The number of nitrogens with one attached hydrogen (secondary N) is 2. The van der Waals surface area contributed by atoms with Gasteiger partial charge in [-0.15, -0.1) is 11.3 Å². The Morgan fingerprint density at radius 1 is 1.35 bits per heavy atom. The number of aliphatic carboxylic acids is 1. The van der Waals surface area contributed by atoms with Gasteiger partial charge >= 0.3 is 12.0 Å². The largest absolute Gasteiger partial charge is 0.481 e. The molecule has 1 aromatic rings. The number of carboxylic acids is 1. The van der Waals surface area contributed by atoms with Crippen molar-refractivity contribution in [3.8, 4) is 0 Å². The molecule has 0 spiro atoms. The van der Waals surface area contributed by atoms with Gasteiger partial charge in [-0.25, -0.2) is 4.79 Å². The van der Waals surface area contributed by atoms with Crippen LogP contribution in [0.4, 0.5) is 4.79 Å². The highest BCUT2D eigenvalue weighted by atomic mass is 79.9. The van der Waals surface area contributed by atoms with E-state index >= 15 is 0 Å². The van der Waals surface area contributed by atoms with E-state index in [-0.39, 0.29) is 12.5 Å². The van der Waals surface area contributed by atoms with Gasteiger partial charge in [0, 0.05) is 4.88 Å². The van der Waals surface area contributed by atoms with Crippen molar-refractivity contribution >= 4 is 39.3 Å². The average Bonchev–Trinajstić information content (AvgIpc) is 2.95. The third kappa shape index (κ3) is 4.21. The Morgan fingerprint density at radius 3 is 2.60 bits per heavy atom. The zero-order chi connectivity index (χ0) is 14.6. The van der Waals surface area contributed by atoms with Crippen molar-refractivity contribution in [2.75, 3.05) is 0 Å². The zero-order valence-electron chi connectivity index (χ0n) is 10.9. The summed E-state index contributed by atoms with van der Waals surface area (Å²) < 4.78 is 1.02. The number of rotatable bonds is 5. The molecule has 1 aliphatic rings. The lowest BCUT2D eigenvalue weighted by Gasteiger charge is -2.28. The highest BCUT2D eigenvalue weighted by Gasteiger charge is 2.37. The number of hydrogen-bond acceptors (Lipinski definition) is 3. The third-order valence-corrected chi connectivity index (χ3v) is 5.10. The molecule has 1 saturated carbocycles. The van der Waals surface area contributed by atoms with Gasteiger partial charge in [-0.05, 0) is 40.9 Å². The SMILES string of the molecule is O=C(O)CC1(NC(=O)NCc2ccc(Br)s2)CCCC1. The van der Waals surface area contributed by atoms with Crippen molar-refractivity contribution in [3.63, 3.8) is 0 Å². The highest BCUT2D eigenvalue weighted by Crippen LogP contribution is 2.32. The first kappa shape index (κ1) is 15.3. The van der Waals surface area contributed by atoms with E-state index < -0.39 is 11.5 Å². The topological polar surface area (TPSA) is 78.4 Å². The smallest absolute Gasteiger partial charge is 0.315 e. The van der Waals surface area contributed by atoms with E-state index in [1.165, 1.54) is 0 Å². The first-order valence-corrected chi connectivity index (χ1v) is 8.12. The molecule has 0 aliphatic heterocycles. The summed E-state index contributed by atoms with van der Waals surface area (Å²) in [5, 5.41) is 14.6. The van der Waals surface area contributed by atoms with Crippen LogP contribution < -0.4 is 10.6 Å². The average molecular weight is 361 g/mol. The van der Waals surface area contributed by atoms with E-state index in [1.807, 2.05) is 12.1 Å². The molecule has 0 aromatic carbocycles. The predicted molar refractivity (Wildman–Crippen MR) is 80.8 cm³/mol. The molecule has 0 unspecified atom stereocenters. The number of carboxylic acid groups (broad SMARTS) is 1. The van der Waals surface area contributed by atoms with Crippen molar-refractivity contribution < 1.29 is 14.7 Å². The first-order chi connectivity index (χ1) is 9.49. The van der Waals surface area contributed by atoms with Crippen LogP contribution in [-0.4, -0.2) is 22.6 Å². The Morgan fingerprint density at radius 2 is 2.05 bits per heavy atom. The molecule has 0 bridgehead atoms. The summed E-state index contributed by atoms with van der Waals surface area (Å²) in [5.41, 5.74) is -0.577. The fourth-order valence-corrected chi connectivity index (χ4v) is 4.01. The van der Waals surface area contributed by atoms with Crippen LogP contribution in [0.25, 0.3) is 0 Å². The van der Waals surface area contributed by atoms with Gasteiger partial charge in [-0.1, -0.05) is 12.8 Å². The van der Waals surface area contributed by atoms with Crippen LogP contribution in [0.1, 0.15) is 37.0 Å². The molecule has 1 fully saturated rings. The molecule has 1 heterocycles. The number of halogens is 1. The number of amides is 2. The summed E-state index contributed by atoms with van der Waals surface area (Å²) in [6, 6.07) is 3.58. The monoisotopic (exact) mass is 360 g/mol. The zero-order valence-corrected chi connectivity index (χ0v) is 13.3. The molecular weight excluding hydrogens is 344 g/mol. The summed E-state index contributed by atoms with van der Waals surface area (Å²) in [7, 11) is 0. The van der Waals surface area contributed by atoms with E-state index in [9.17, 15) is 9.59 Å². The predicted octanol–water partition coefficient (Wildman–Crippen LogP) is 3.10. The van der Waals surface area contributed by atoms with Gasteiger partial charge in [0.15, 0.2) is 0 Å². The quantitative estimate of drug-likeness (QED) is 0.754. The molecule has 0 atom stereocenters. The molecule has 7 heteroatoms. The Bertz CT molecular complexity index is 498. The molecule has 1 aliphatic carbocycles. The van der Waals surface area contributed by atoms with Crippen LogP contribution in [0.15, 0.2) is 15.9 Å². The molecule has 1 aromatic heterocycles. The summed E-state index contributed by atoms with van der Waals surface area (Å²) in [4.78, 5) is 23.9. The number of carbonyl (C=O) groups excluding carboxylic acids is 1. The molecule has 110 valence electrons. The van der Waals surface area contributed by atoms with Gasteiger partial charge in [0.25, 0.3) is 0 Å². The number of carbonyl (C=O) groups is 2. The summed E-state index contributed by atoms with van der Waals surface area (Å²) >= 11 is 4.93. The maximum Gasteiger partial charge on any atom is 0.315 e. The van der Waals surface area contributed by atoms with Crippen LogP contribution in [0, 0.1) is 0 Å². The number of urea groups is 1. The van der Waals surface area contributed by atoms with Gasteiger partial charge in [0.05, 0.1) is 22.3 Å².